The lowest BCUT2D eigenvalue weighted by Crippen LogP contribution is -2.04. The molecule has 0 bridgehead atoms. The molecule has 2 rings (SSSR count). The zero-order valence-electron chi connectivity index (χ0n) is 5.74. The maximum Gasteiger partial charge on any atom is 0.186 e. The van der Waals surface area contributed by atoms with Crippen molar-refractivity contribution in [2.24, 2.45) is 0 Å². The zero-order valence-corrected chi connectivity index (χ0v) is 5.74. The Morgan fingerprint density at radius 2 is 2.00 bits per heavy atom. The van der Waals surface area contributed by atoms with E-state index < -0.39 is 0 Å². The van der Waals surface area contributed by atoms with Crippen molar-refractivity contribution in [2.45, 2.75) is 0 Å². The highest BCUT2D eigenvalue weighted by molar-refractivity contribution is 6.10. The minimum atomic E-state index is -0.0391. The topological polar surface area (TPSA) is 37.3 Å². The largest absolute Gasteiger partial charge is 0.507 e. The van der Waals surface area contributed by atoms with Crippen molar-refractivity contribution in [1.29, 1.82) is 0 Å². The van der Waals surface area contributed by atoms with Gasteiger partial charge in [-0.3, -0.25) is 4.79 Å². The number of ketones is 1. The molecule has 0 aromatic carbocycles. The molecule has 0 radical (unpaired) electrons. The van der Waals surface area contributed by atoms with Gasteiger partial charge in [0.15, 0.2) is 5.78 Å². The van der Waals surface area contributed by atoms with E-state index in [9.17, 15) is 9.90 Å². The van der Waals surface area contributed by atoms with Crippen LogP contribution in [-0.4, -0.2) is 10.9 Å². The van der Waals surface area contributed by atoms with Gasteiger partial charge in [0.05, 0.1) is 0 Å². The third-order valence-corrected chi connectivity index (χ3v) is 1.75. The molecule has 0 aromatic rings. The van der Waals surface area contributed by atoms with Crippen molar-refractivity contribution in [3.8, 4) is 0 Å². The predicted molar refractivity (Wildman–Crippen MR) is 41.0 cm³/mol. The molecule has 0 aromatic heterocycles. The Balaban J connectivity index is 2.60. The molecule has 54 valence electrons. The number of hydrogen-bond acceptors (Lipinski definition) is 2. The van der Waals surface area contributed by atoms with E-state index in [-0.39, 0.29) is 11.5 Å². The zero-order chi connectivity index (χ0) is 7.84. The van der Waals surface area contributed by atoms with Crippen LogP contribution in [0, 0.1) is 0 Å². The van der Waals surface area contributed by atoms with Gasteiger partial charge in [-0.05, 0) is 12.2 Å². The molecular formula is C9H6O2. The van der Waals surface area contributed by atoms with Crippen LogP contribution < -0.4 is 0 Å². The highest BCUT2D eigenvalue weighted by Gasteiger charge is 2.19. The monoisotopic (exact) mass is 146 g/mol. The fourth-order valence-electron chi connectivity index (χ4n) is 1.19. The van der Waals surface area contributed by atoms with Gasteiger partial charge in [0.2, 0.25) is 0 Å². The number of fused-ring (bicyclic) bond motifs is 1. The average Bonchev–Trinajstić information content (AvgIpc) is 2.45. The summed E-state index contributed by atoms with van der Waals surface area (Å²) in [6, 6.07) is 0. The molecule has 0 fully saturated rings. The van der Waals surface area contributed by atoms with E-state index in [4.69, 9.17) is 0 Å². The van der Waals surface area contributed by atoms with Gasteiger partial charge in [-0.25, -0.2) is 0 Å². The molecule has 0 amide bonds. The SMILES string of the molecule is O=C1C=CC(O)=C2C=CC=C12. The van der Waals surface area contributed by atoms with E-state index in [1.54, 1.807) is 18.2 Å². The molecule has 0 unspecified atom stereocenters. The fraction of sp³-hybridized carbons (Fsp3) is 0. The van der Waals surface area contributed by atoms with Crippen molar-refractivity contribution < 1.29 is 9.90 Å². The van der Waals surface area contributed by atoms with E-state index in [1.165, 1.54) is 12.2 Å². The molecule has 0 spiro atoms. The number of aliphatic hydroxyl groups excluding tert-OH is 1. The molecule has 2 heteroatoms. The van der Waals surface area contributed by atoms with Gasteiger partial charge in [-0.15, -0.1) is 0 Å². The second-order valence-electron chi connectivity index (χ2n) is 2.44. The van der Waals surface area contributed by atoms with E-state index in [2.05, 4.69) is 0 Å². The molecule has 2 nitrogen and oxygen atoms in total. The van der Waals surface area contributed by atoms with E-state index >= 15 is 0 Å². The second kappa shape index (κ2) is 1.95. The summed E-state index contributed by atoms with van der Waals surface area (Å²) in [6.07, 6.45) is 7.98. The molecule has 0 aliphatic heterocycles. The first kappa shape index (κ1) is 6.16. The van der Waals surface area contributed by atoms with Gasteiger partial charge in [0.25, 0.3) is 0 Å². The summed E-state index contributed by atoms with van der Waals surface area (Å²) in [5.41, 5.74) is 1.22. The van der Waals surface area contributed by atoms with Gasteiger partial charge >= 0.3 is 0 Å². The van der Waals surface area contributed by atoms with Crippen LogP contribution in [0.5, 0.6) is 0 Å². The van der Waals surface area contributed by atoms with Gasteiger partial charge in [-0.1, -0.05) is 18.2 Å². The lowest BCUT2D eigenvalue weighted by Gasteiger charge is -2.06. The van der Waals surface area contributed by atoms with Crippen LogP contribution in [0.2, 0.25) is 0 Å². The molecule has 0 saturated heterocycles. The minimum Gasteiger partial charge on any atom is -0.507 e. The van der Waals surface area contributed by atoms with Crippen LogP contribution in [0.1, 0.15) is 0 Å². The Morgan fingerprint density at radius 1 is 1.18 bits per heavy atom. The summed E-state index contributed by atoms with van der Waals surface area (Å²) in [7, 11) is 0. The quantitative estimate of drug-likeness (QED) is 0.561. The number of rotatable bonds is 0. The summed E-state index contributed by atoms with van der Waals surface area (Å²) >= 11 is 0. The highest BCUT2D eigenvalue weighted by atomic mass is 16.3. The molecule has 11 heavy (non-hydrogen) atoms. The number of aliphatic hydroxyl groups is 1. The van der Waals surface area contributed by atoms with Gasteiger partial charge in [0, 0.05) is 11.1 Å². The molecule has 0 heterocycles. The maximum absolute atomic E-state index is 11.1. The van der Waals surface area contributed by atoms with Crippen LogP contribution in [0.15, 0.2) is 47.3 Å². The fourth-order valence-corrected chi connectivity index (χ4v) is 1.19. The Morgan fingerprint density at radius 3 is 2.73 bits per heavy atom. The highest BCUT2D eigenvalue weighted by Crippen LogP contribution is 2.25. The van der Waals surface area contributed by atoms with Gasteiger partial charge in [-0.2, -0.15) is 0 Å². The third-order valence-electron chi connectivity index (χ3n) is 1.75. The van der Waals surface area contributed by atoms with Crippen LogP contribution >= 0.6 is 0 Å². The summed E-state index contributed by atoms with van der Waals surface area (Å²) in [5, 5.41) is 9.25. The van der Waals surface area contributed by atoms with Crippen molar-refractivity contribution >= 4 is 5.78 Å². The van der Waals surface area contributed by atoms with Crippen LogP contribution in [0.3, 0.4) is 0 Å². The van der Waals surface area contributed by atoms with Crippen molar-refractivity contribution in [3.05, 3.63) is 47.3 Å². The second-order valence-corrected chi connectivity index (χ2v) is 2.44. The summed E-state index contributed by atoms with van der Waals surface area (Å²) in [4.78, 5) is 11.1. The van der Waals surface area contributed by atoms with E-state index in [0.717, 1.165) is 0 Å². The number of carbonyl (C=O) groups is 1. The van der Waals surface area contributed by atoms with Crippen LogP contribution in [-0.2, 0) is 4.79 Å². The summed E-state index contributed by atoms with van der Waals surface area (Å²) in [6.45, 7) is 0. The first-order valence-corrected chi connectivity index (χ1v) is 3.33. The molecule has 2 aliphatic rings. The van der Waals surface area contributed by atoms with Gasteiger partial charge < -0.3 is 5.11 Å². The number of hydrogen-bond donors (Lipinski definition) is 1. The normalized spacial score (nSPS) is 20.7. The van der Waals surface area contributed by atoms with Crippen molar-refractivity contribution in [2.75, 3.05) is 0 Å². The third kappa shape index (κ3) is 0.759. The average molecular weight is 146 g/mol. The smallest absolute Gasteiger partial charge is 0.186 e. The molecule has 1 N–H and O–H groups in total. The molecule has 0 saturated carbocycles. The van der Waals surface area contributed by atoms with Crippen molar-refractivity contribution in [1.82, 2.24) is 0 Å². The van der Waals surface area contributed by atoms with Crippen LogP contribution in [0.4, 0.5) is 0 Å². The molecular weight excluding hydrogens is 140 g/mol. The van der Waals surface area contributed by atoms with Crippen molar-refractivity contribution in [3.63, 3.8) is 0 Å². The maximum atomic E-state index is 11.1. The standard InChI is InChI=1S/C9H6O2/c10-8-4-5-9(11)7-3-1-2-6(7)8/h1-5,10H. The number of carbonyl (C=O) groups excluding carboxylic acids is 1. The molecule has 2 aliphatic carbocycles. The summed E-state index contributed by atoms with van der Waals surface area (Å²) < 4.78 is 0. The van der Waals surface area contributed by atoms with Gasteiger partial charge in [0.1, 0.15) is 5.76 Å². The van der Waals surface area contributed by atoms with Crippen LogP contribution in [0.25, 0.3) is 0 Å². The lowest BCUT2D eigenvalue weighted by atomic mass is 9.99. The lowest BCUT2D eigenvalue weighted by molar-refractivity contribution is -0.111. The molecule has 0 atom stereocenters. The first-order chi connectivity index (χ1) is 5.29. The predicted octanol–water partition coefficient (Wildman–Crippen LogP) is 1.43. The Kier molecular flexibility index (Phi) is 1.09. The van der Waals surface area contributed by atoms with E-state index in [0.29, 0.717) is 11.1 Å². The summed E-state index contributed by atoms with van der Waals surface area (Å²) in [5.74, 6) is 0.132. The Bertz CT molecular complexity index is 341. The van der Waals surface area contributed by atoms with E-state index in [1.807, 2.05) is 0 Å². The first-order valence-electron chi connectivity index (χ1n) is 3.33. The number of allylic oxidation sites excluding steroid dienone is 7. The minimum absolute atomic E-state index is 0.0391. The Labute approximate surface area is 63.8 Å². The Hall–Kier alpha value is -1.57.